The Morgan fingerprint density at radius 1 is 1.25 bits per heavy atom. The summed E-state index contributed by atoms with van der Waals surface area (Å²) in [6.45, 7) is 1.90. The van der Waals surface area contributed by atoms with Gasteiger partial charge < -0.3 is 4.90 Å². The molecule has 0 amide bonds. The number of hydrogen-bond donors (Lipinski definition) is 1. The lowest BCUT2D eigenvalue weighted by Gasteiger charge is -2.28. The highest BCUT2D eigenvalue weighted by Gasteiger charge is 2.20. The van der Waals surface area contributed by atoms with Gasteiger partial charge in [-0.25, -0.2) is 9.37 Å². The summed E-state index contributed by atoms with van der Waals surface area (Å²) >= 11 is 5.99. The number of nitrogens with zero attached hydrogens (tertiary/aromatic N) is 3. The van der Waals surface area contributed by atoms with E-state index in [1.807, 2.05) is 6.07 Å². The standard InChI is InChI=1S/C19H24ClFN4O2S/c1-24(14-16-17(20)6-5-7-18(16)21)28(26,27)23-13-15-8-9-22-19(12-15)25-10-3-2-4-11-25/h5-9,12,23H,2-4,10-11,13-14H2,1H3. The van der Waals surface area contributed by atoms with Crippen LogP contribution < -0.4 is 9.62 Å². The van der Waals surface area contributed by atoms with Crippen LogP contribution in [0.25, 0.3) is 0 Å². The Morgan fingerprint density at radius 2 is 2.00 bits per heavy atom. The van der Waals surface area contributed by atoms with Crippen molar-refractivity contribution in [3.8, 4) is 0 Å². The monoisotopic (exact) mass is 426 g/mol. The summed E-state index contributed by atoms with van der Waals surface area (Å²) in [5.74, 6) is 0.331. The van der Waals surface area contributed by atoms with E-state index in [9.17, 15) is 12.8 Å². The number of anilines is 1. The van der Waals surface area contributed by atoms with Crippen molar-refractivity contribution in [3.63, 3.8) is 0 Å². The first-order chi connectivity index (χ1) is 13.4. The number of halogens is 2. The molecule has 0 spiro atoms. The Hall–Kier alpha value is -1.74. The van der Waals surface area contributed by atoms with E-state index in [1.165, 1.54) is 31.7 Å². The Morgan fingerprint density at radius 3 is 2.71 bits per heavy atom. The zero-order chi connectivity index (χ0) is 20.1. The molecule has 28 heavy (non-hydrogen) atoms. The Labute approximate surface area is 170 Å². The van der Waals surface area contributed by atoms with Gasteiger partial charge in [0.2, 0.25) is 0 Å². The van der Waals surface area contributed by atoms with E-state index in [-0.39, 0.29) is 23.7 Å². The quantitative estimate of drug-likeness (QED) is 0.737. The molecule has 9 heteroatoms. The maximum Gasteiger partial charge on any atom is 0.279 e. The highest BCUT2D eigenvalue weighted by molar-refractivity contribution is 7.87. The molecule has 1 aromatic heterocycles. The second-order valence-corrected chi connectivity index (χ2v) is 9.12. The first kappa shape index (κ1) is 21.0. The molecule has 0 unspecified atom stereocenters. The molecule has 1 aliphatic rings. The Bertz CT molecular complexity index is 900. The van der Waals surface area contributed by atoms with Crippen LogP contribution in [-0.2, 0) is 23.3 Å². The van der Waals surface area contributed by atoms with Crippen LogP contribution in [0.15, 0.2) is 36.5 Å². The Balaban J connectivity index is 1.64. The van der Waals surface area contributed by atoms with E-state index < -0.39 is 16.0 Å². The van der Waals surface area contributed by atoms with E-state index >= 15 is 0 Å². The van der Waals surface area contributed by atoms with Crippen molar-refractivity contribution < 1.29 is 12.8 Å². The maximum absolute atomic E-state index is 13.9. The van der Waals surface area contributed by atoms with Gasteiger partial charge in [0.1, 0.15) is 11.6 Å². The molecule has 2 aromatic rings. The maximum atomic E-state index is 13.9. The zero-order valence-corrected chi connectivity index (χ0v) is 17.3. The van der Waals surface area contributed by atoms with Crippen LogP contribution in [0.3, 0.4) is 0 Å². The van der Waals surface area contributed by atoms with Crippen molar-refractivity contribution in [3.05, 3.63) is 58.5 Å². The molecule has 2 heterocycles. The summed E-state index contributed by atoms with van der Waals surface area (Å²) in [5.41, 5.74) is 0.963. The molecular weight excluding hydrogens is 403 g/mol. The highest BCUT2D eigenvalue weighted by Crippen LogP contribution is 2.21. The SMILES string of the molecule is CN(Cc1c(F)cccc1Cl)S(=O)(=O)NCc1ccnc(N2CCCCC2)c1. The molecule has 0 atom stereocenters. The van der Waals surface area contributed by atoms with Gasteiger partial charge in [-0.1, -0.05) is 17.7 Å². The van der Waals surface area contributed by atoms with Crippen molar-refractivity contribution in [1.82, 2.24) is 14.0 Å². The van der Waals surface area contributed by atoms with Crippen LogP contribution >= 0.6 is 11.6 Å². The van der Waals surface area contributed by atoms with E-state index in [0.717, 1.165) is 41.6 Å². The van der Waals surface area contributed by atoms with Crippen molar-refractivity contribution in [2.45, 2.75) is 32.4 Å². The third-order valence-electron chi connectivity index (χ3n) is 4.80. The summed E-state index contributed by atoms with van der Waals surface area (Å²) < 4.78 is 42.6. The highest BCUT2D eigenvalue weighted by atomic mass is 35.5. The van der Waals surface area contributed by atoms with Gasteiger partial charge in [0.05, 0.1) is 0 Å². The minimum absolute atomic E-state index is 0.126. The fraction of sp³-hybridized carbons (Fsp3) is 0.421. The third-order valence-corrected chi connectivity index (χ3v) is 6.61. The molecule has 6 nitrogen and oxygen atoms in total. The third kappa shape index (κ3) is 5.20. The van der Waals surface area contributed by atoms with Gasteiger partial charge in [-0.15, -0.1) is 0 Å². The Kier molecular flexibility index (Phi) is 6.87. The normalized spacial score (nSPS) is 15.2. The molecule has 1 N–H and O–H groups in total. The number of rotatable bonds is 7. The number of aromatic nitrogens is 1. The zero-order valence-electron chi connectivity index (χ0n) is 15.7. The molecule has 1 saturated heterocycles. The van der Waals surface area contributed by atoms with E-state index in [2.05, 4.69) is 14.6 Å². The van der Waals surface area contributed by atoms with Crippen molar-refractivity contribution in [2.24, 2.45) is 0 Å². The number of nitrogens with one attached hydrogen (secondary N) is 1. The lowest BCUT2D eigenvalue weighted by Crippen LogP contribution is -2.37. The first-order valence-corrected chi connectivity index (χ1v) is 11.0. The molecule has 1 aliphatic heterocycles. The number of piperidine rings is 1. The minimum atomic E-state index is -3.80. The second kappa shape index (κ2) is 9.17. The second-order valence-electron chi connectivity index (χ2n) is 6.85. The number of pyridine rings is 1. The van der Waals surface area contributed by atoms with Gasteiger partial charge >= 0.3 is 0 Å². The average Bonchev–Trinajstić information content (AvgIpc) is 2.70. The van der Waals surface area contributed by atoms with Crippen molar-refractivity contribution in [2.75, 3.05) is 25.0 Å². The van der Waals surface area contributed by atoms with Gasteiger partial charge in [-0.05, 0) is 49.1 Å². The fourth-order valence-corrected chi connectivity index (χ4v) is 4.23. The van der Waals surface area contributed by atoms with E-state index in [4.69, 9.17) is 11.6 Å². The summed E-state index contributed by atoms with van der Waals surface area (Å²) in [7, 11) is -2.42. The lowest BCUT2D eigenvalue weighted by molar-refractivity contribution is 0.446. The van der Waals surface area contributed by atoms with Crippen molar-refractivity contribution >= 4 is 27.6 Å². The van der Waals surface area contributed by atoms with E-state index in [1.54, 1.807) is 12.3 Å². The molecule has 0 aliphatic carbocycles. The molecule has 0 radical (unpaired) electrons. The van der Waals surface area contributed by atoms with Crippen LogP contribution in [0.4, 0.5) is 10.2 Å². The van der Waals surface area contributed by atoms with Crippen LogP contribution in [0.2, 0.25) is 5.02 Å². The molecule has 152 valence electrons. The topological polar surface area (TPSA) is 65.5 Å². The minimum Gasteiger partial charge on any atom is -0.357 e. The lowest BCUT2D eigenvalue weighted by atomic mass is 10.1. The largest absolute Gasteiger partial charge is 0.357 e. The van der Waals surface area contributed by atoms with Crippen LogP contribution in [0.1, 0.15) is 30.4 Å². The van der Waals surface area contributed by atoms with Crippen molar-refractivity contribution in [1.29, 1.82) is 0 Å². The van der Waals surface area contributed by atoms with Gasteiger partial charge in [-0.2, -0.15) is 17.4 Å². The molecule has 0 bridgehead atoms. The predicted octanol–water partition coefficient (Wildman–Crippen LogP) is 3.33. The summed E-state index contributed by atoms with van der Waals surface area (Å²) in [5, 5.41) is 0.197. The van der Waals surface area contributed by atoms with Gasteiger partial charge in [-0.3, -0.25) is 0 Å². The predicted molar refractivity (Wildman–Crippen MR) is 109 cm³/mol. The van der Waals surface area contributed by atoms with Gasteiger partial charge in [0.25, 0.3) is 10.2 Å². The summed E-state index contributed by atoms with van der Waals surface area (Å²) in [4.78, 5) is 6.62. The molecule has 3 rings (SSSR count). The van der Waals surface area contributed by atoms with Crippen LogP contribution in [-0.4, -0.2) is 37.8 Å². The number of hydrogen-bond acceptors (Lipinski definition) is 4. The molecule has 1 fully saturated rings. The fourth-order valence-electron chi connectivity index (χ4n) is 3.14. The van der Waals surface area contributed by atoms with Crippen LogP contribution in [0.5, 0.6) is 0 Å². The van der Waals surface area contributed by atoms with Gasteiger partial charge in [0.15, 0.2) is 0 Å². The van der Waals surface area contributed by atoms with Gasteiger partial charge in [0, 0.05) is 50.0 Å². The molecular formula is C19H24ClFN4O2S. The molecule has 0 saturated carbocycles. The van der Waals surface area contributed by atoms with Crippen LogP contribution in [0, 0.1) is 5.82 Å². The molecule has 1 aromatic carbocycles. The van der Waals surface area contributed by atoms with E-state index in [0.29, 0.717) is 0 Å². The summed E-state index contributed by atoms with van der Waals surface area (Å²) in [6.07, 6.45) is 5.20. The number of benzene rings is 1. The first-order valence-electron chi connectivity index (χ1n) is 9.20. The summed E-state index contributed by atoms with van der Waals surface area (Å²) in [6, 6.07) is 7.96. The average molecular weight is 427 g/mol. The smallest absolute Gasteiger partial charge is 0.279 e.